The van der Waals surface area contributed by atoms with Gasteiger partial charge in [0.15, 0.2) is 19.8 Å². The summed E-state index contributed by atoms with van der Waals surface area (Å²) >= 11 is 0. The van der Waals surface area contributed by atoms with E-state index in [1.165, 1.54) is 0 Å². The minimum Gasteiger partial charge on any atom is -0.491 e. The predicted molar refractivity (Wildman–Crippen MR) is 219 cm³/mol. The van der Waals surface area contributed by atoms with Gasteiger partial charge in [0.05, 0.1) is 25.8 Å². The Bertz CT molecular complexity index is 1820. The Morgan fingerprint density at radius 1 is 1.07 bits per heavy atom. The van der Waals surface area contributed by atoms with E-state index in [0.29, 0.717) is 43.2 Å². The molecule has 302 valence electrons. The van der Waals surface area contributed by atoms with E-state index in [-0.39, 0.29) is 30.4 Å². The fourth-order valence-electron chi connectivity index (χ4n) is 6.69. The molecule has 0 bridgehead atoms. The molecule has 2 N–H and O–H groups in total. The van der Waals surface area contributed by atoms with Gasteiger partial charge in [0.2, 0.25) is 5.91 Å². The van der Waals surface area contributed by atoms with Crippen molar-refractivity contribution in [3.63, 3.8) is 0 Å². The number of esters is 1. The molecule has 2 amide bonds. The van der Waals surface area contributed by atoms with E-state index in [2.05, 4.69) is 44.2 Å². The number of fused-ring (bicyclic) bond motifs is 1. The highest BCUT2D eigenvalue weighted by atomic mass is 28.4. The molecule has 1 aliphatic rings. The smallest absolute Gasteiger partial charge is 0.408 e. The number of hydrogen-bond acceptors (Lipinski definition) is 8. The number of likely N-dealkylation sites (tertiary alicyclic amines) is 1. The number of aromatic nitrogens is 1. The Hall–Kier alpha value is -4.29. The number of H-pyrrole nitrogens is 1. The zero-order valence-corrected chi connectivity index (χ0v) is 36.0. The van der Waals surface area contributed by atoms with Crippen LogP contribution in [0.15, 0.2) is 60.3 Å². The van der Waals surface area contributed by atoms with Gasteiger partial charge in [-0.3, -0.25) is 4.79 Å². The van der Waals surface area contributed by atoms with Crippen LogP contribution in [0.25, 0.3) is 10.9 Å². The van der Waals surface area contributed by atoms with Gasteiger partial charge in [-0.05, 0) is 88.3 Å². The molecule has 1 saturated heterocycles. The molecule has 3 atom stereocenters. The van der Waals surface area contributed by atoms with Gasteiger partial charge in [-0.15, -0.1) is 0 Å². The third-order valence-corrected chi connectivity index (χ3v) is 15.4. The van der Waals surface area contributed by atoms with Gasteiger partial charge in [0.1, 0.15) is 23.8 Å². The average molecular weight is 778 g/mol. The molecular weight excluding hydrogens is 715 g/mol. The van der Waals surface area contributed by atoms with Crippen LogP contribution in [0.1, 0.15) is 86.3 Å². The maximum absolute atomic E-state index is 14.9. The number of rotatable bonds is 15. The Kier molecular flexibility index (Phi) is 13.9. The normalized spacial score (nSPS) is 18.6. The van der Waals surface area contributed by atoms with Gasteiger partial charge in [-0.1, -0.05) is 69.7 Å². The minimum absolute atomic E-state index is 0.0487. The first-order valence-electron chi connectivity index (χ1n) is 19.4. The summed E-state index contributed by atoms with van der Waals surface area (Å²) in [6.45, 7) is 23.4. The number of ether oxygens (including phenoxy) is 4. The van der Waals surface area contributed by atoms with Crippen molar-refractivity contribution >= 4 is 37.2 Å². The fraction of sp³-hybridized carbons (Fsp3) is 0.558. The number of hydrogen-bond donors (Lipinski definition) is 2. The van der Waals surface area contributed by atoms with Crippen LogP contribution < -0.4 is 14.8 Å². The molecule has 2 aromatic carbocycles. The van der Waals surface area contributed by atoms with Crippen molar-refractivity contribution in [1.82, 2.24) is 15.2 Å². The van der Waals surface area contributed by atoms with Gasteiger partial charge in [-0.25, -0.2) is 9.59 Å². The number of alkyl carbamates (subject to hydrolysis) is 1. The first-order valence-corrected chi connectivity index (χ1v) is 22.3. The molecule has 3 aromatic rings. The highest BCUT2D eigenvalue weighted by Crippen LogP contribution is 2.42. The highest BCUT2D eigenvalue weighted by Gasteiger charge is 2.56. The summed E-state index contributed by atoms with van der Waals surface area (Å²) in [5.74, 6) is 0.0244. The predicted octanol–water partition coefficient (Wildman–Crippen LogP) is 8.72. The second-order valence-electron chi connectivity index (χ2n) is 17.1. The van der Waals surface area contributed by atoms with E-state index in [9.17, 15) is 14.4 Å². The number of nitrogens with zero attached hydrogens (tertiary/aromatic N) is 1. The van der Waals surface area contributed by atoms with Crippen molar-refractivity contribution in [2.75, 3.05) is 26.9 Å². The number of nitrogens with one attached hydrogen (secondary N) is 2. The van der Waals surface area contributed by atoms with Crippen LogP contribution in [0, 0.1) is 5.92 Å². The molecule has 0 spiro atoms. The summed E-state index contributed by atoms with van der Waals surface area (Å²) in [5, 5.41) is 3.72. The number of carbonyl (C=O) groups excluding carboxylic acids is 3. The first-order chi connectivity index (χ1) is 25.7. The van der Waals surface area contributed by atoms with E-state index in [1.54, 1.807) is 39.7 Å². The first kappa shape index (κ1) is 43.4. The van der Waals surface area contributed by atoms with Crippen LogP contribution in [0.5, 0.6) is 11.5 Å². The standard InChI is InChI=1S/C43H63N3O8Si/c1-13-51-39(48)43(23-21-29(2)27-53-55(11,12)42(7,8)9)30(3)22-24-46(43)38(47)34(45-40(49)54-41(4,5)6)25-32-26-44-36-33(32)19-20-35(37(36)50-10)52-28-31-17-15-14-16-18-31/h14-21,26,30,34,44H,13,22-25,27-28H2,1-12H3,(H,45,49)/b29-21+/t30-,34?,43+/m0/s1. The highest BCUT2D eigenvalue weighted by molar-refractivity contribution is 6.74. The van der Waals surface area contributed by atoms with Crippen molar-refractivity contribution < 1.29 is 37.8 Å². The van der Waals surface area contributed by atoms with Crippen molar-refractivity contribution in [3.8, 4) is 11.5 Å². The second-order valence-corrected chi connectivity index (χ2v) is 21.9. The van der Waals surface area contributed by atoms with E-state index in [1.807, 2.05) is 68.6 Å². The van der Waals surface area contributed by atoms with E-state index in [4.69, 9.17) is 23.4 Å². The maximum Gasteiger partial charge on any atom is 0.408 e. The molecule has 1 fully saturated rings. The van der Waals surface area contributed by atoms with E-state index in [0.717, 1.165) is 22.1 Å². The Balaban J connectivity index is 1.69. The molecule has 1 unspecified atom stereocenters. The maximum atomic E-state index is 14.9. The summed E-state index contributed by atoms with van der Waals surface area (Å²) in [6, 6.07) is 12.6. The number of aromatic amines is 1. The third kappa shape index (κ3) is 10.3. The summed E-state index contributed by atoms with van der Waals surface area (Å²) < 4.78 is 29.8. The molecule has 4 rings (SSSR count). The largest absolute Gasteiger partial charge is 0.491 e. The number of amides is 2. The molecule has 55 heavy (non-hydrogen) atoms. The SMILES string of the molecule is CCOC(=O)[C@@]1(C/C=C(\C)CO[Si](C)(C)C(C)(C)C)[C@@H](C)CCN1C(=O)C(Cc1c[nH]c2c(OC)c(OCc3ccccc3)ccc12)NC(=O)OC(C)(C)C. The summed E-state index contributed by atoms with van der Waals surface area (Å²) in [7, 11) is -0.436. The van der Waals surface area contributed by atoms with Crippen LogP contribution in [0.2, 0.25) is 18.1 Å². The quantitative estimate of drug-likeness (QED) is 0.0892. The summed E-state index contributed by atoms with van der Waals surface area (Å²) in [6.07, 6.45) is 4.04. The lowest BCUT2D eigenvalue weighted by atomic mass is 9.82. The Labute approximate surface area is 328 Å². The Morgan fingerprint density at radius 3 is 2.38 bits per heavy atom. The number of carbonyl (C=O) groups is 3. The summed E-state index contributed by atoms with van der Waals surface area (Å²) in [4.78, 5) is 47.3. The minimum atomic E-state index is -2.02. The van der Waals surface area contributed by atoms with Gasteiger partial charge in [0.25, 0.3) is 0 Å². The van der Waals surface area contributed by atoms with Crippen LogP contribution >= 0.6 is 0 Å². The molecule has 11 nitrogen and oxygen atoms in total. The number of methoxy groups -OCH3 is 1. The molecule has 12 heteroatoms. The average Bonchev–Trinajstić information content (AvgIpc) is 3.67. The zero-order chi connectivity index (χ0) is 40.8. The molecule has 0 aliphatic carbocycles. The lowest BCUT2D eigenvalue weighted by Crippen LogP contribution is -2.61. The molecule has 0 saturated carbocycles. The van der Waals surface area contributed by atoms with E-state index < -0.39 is 43.5 Å². The molecule has 1 aromatic heterocycles. The van der Waals surface area contributed by atoms with Crippen LogP contribution in [0.4, 0.5) is 4.79 Å². The van der Waals surface area contributed by atoms with Crippen LogP contribution in [-0.4, -0.2) is 80.2 Å². The van der Waals surface area contributed by atoms with Gasteiger partial charge in [0, 0.05) is 31.0 Å². The zero-order valence-electron chi connectivity index (χ0n) is 35.0. The van der Waals surface area contributed by atoms with Gasteiger partial charge in [-0.2, -0.15) is 0 Å². The molecule has 1 aliphatic heterocycles. The lowest BCUT2D eigenvalue weighted by Gasteiger charge is -2.40. The molecule has 2 heterocycles. The topological polar surface area (TPSA) is 128 Å². The van der Waals surface area contributed by atoms with Crippen molar-refractivity contribution in [3.05, 3.63) is 71.4 Å². The van der Waals surface area contributed by atoms with Gasteiger partial charge >= 0.3 is 12.1 Å². The van der Waals surface area contributed by atoms with Gasteiger partial charge < -0.3 is 38.6 Å². The second kappa shape index (κ2) is 17.7. The molecular formula is C43H63N3O8Si. The third-order valence-electron chi connectivity index (χ3n) is 10.9. The van der Waals surface area contributed by atoms with E-state index >= 15 is 0 Å². The molecule has 0 radical (unpaired) electrons. The van der Waals surface area contributed by atoms with Crippen LogP contribution in [-0.2, 0) is 36.5 Å². The Morgan fingerprint density at radius 2 is 1.76 bits per heavy atom. The fourth-order valence-corrected chi connectivity index (χ4v) is 7.71. The lowest BCUT2D eigenvalue weighted by molar-refractivity contribution is -0.164. The summed E-state index contributed by atoms with van der Waals surface area (Å²) in [5.41, 5.74) is 1.38. The monoisotopic (exact) mass is 777 g/mol. The van der Waals surface area contributed by atoms with Crippen molar-refractivity contribution in [1.29, 1.82) is 0 Å². The van der Waals surface area contributed by atoms with Crippen molar-refractivity contribution in [2.45, 2.75) is 123 Å². The van der Waals surface area contributed by atoms with Crippen molar-refractivity contribution in [2.24, 2.45) is 5.92 Å². The number of benzene rings is 2. The van der Waals surface area contributed by atoms with Crippen LogP contribution in [0.3, 0.4) is 0 Å².